The van der Waals surface area contributed by atoms with E-state index >= 15 is 0 Å². The molecule has 1 saturated heterocycles. The molecule has 2 bridgehead atoms. The molecule has 0 aromatic heterocycles. The summed E-state index contributed by atoms with van der Waals surface area (Å²) in [7, 11) is 0. The molecule has 2 aromatic carbocycles. The first-order valence-corrected chi connectivity index (χ1v) is 13.4. The highest BCUT2D eigenvalue weighted by Gasteiger charge is 2.73. The van der Waals surface area contributed by atoms with Crippen molar-refractivity contribution in [1.82, 2.24) is 10.2 Å². The Morgan fingerprint density at radius 1 is 1.14 bits per heavy atom. The van der Waals surface area contributed by atoms with Crippen molar-refractivity contribution in [3.8, 4) is 5.75 Å². The first-order valence-electron chi connectivity index (χ1n) is 13.0. The van der Waals surface area contributed by atoms with Gasteiger partial charge < -0.3 is 20.9 Å². The molecule has 2 aromatic rings. The lowest BCUT2D eigenvalue weighted by Gasteiger charge is -2.64. The van der Waals surface area contributed by atoms with Gasteiger partial charge in [0.05, 0.1) is 22.6 Å². The molecule has 188 valence electrons. The van der Waals surface area contributed by atoms with E-state index in [0.717, 1.165) is 36.6 Å². The molecule has 5 aliphatic rings. The van der Waals surface area contributed by atoms with Crippen molar-refractivity contribution in [3.63, 3.8) is 0 Å². The first kappa shape index (κ1) is 22.6. The summed E-state index contributed by atoms with van der Waals surface area (Å²) in [5, 5.41) is 16.3. The molecule has 3 aliphatic carbocycles. The molecule has 0 radical (unpaired) electrons. The summed E-state index contributed by atoms with van der Waals surface area (Å²) in [6.07, 6.45) is 4.64. The number of nitrogens with two attached hydrogens (primary N) is 1. The van der Waals surface area contributed by atoms with Gasteiger partial charge in [0.25, 0.3) is 11.8 Å². The van der Waals surface area contributed by atoms with Gasteiger partial charge in [0.1, 0.15) is 11.9 Å². The van der Waals surface area contributed by atoms with E-state index in [-0.39, 0.29) is 18.0 Å². The van der Waals surface area contributed by atoms with Crippen molar-refractivity contribution in [2.75, 3.05) is 13.1 Å². The van der Waals surface area contributed by atoms with Crippen LogP contribution in [0.5, 0.6) is 5.75 Å². The summed E-state index contributed by atoms with van der Waals surface area (Å²) >= 11 is 6.01. The molecule has 2 aliphatic heterocycles. The van der Waals surface area contributed by atoms with Gasteiger partial charge in [-0.15, -0.1) is 0 Å². The monoisotopic (exact) mass is 507 g/mol. The second-order valence-electron chi connectivity index (χ2n) is 11.3. The Hall–Kier alpha value is -2.61. The average Bonchev–Trinajstić information content (AvgIpc) is 3.59. The number of rotatable bonds is 5. The molecule has 7 nitrogen and oxygen atoms in total. The van der Waals surface area contributed by atoms with Gasteiger partial charge >= 0.3 is 0 Å². The van der Waals surface area contributed by atoms with Crippen LogP contribution in [0.25, 0.3) is 0 Å². The summed E-state index contributed by atoms with van der Waals surface area (Å²) in [6.45, 7) is 1.88. The zero-order chi connectivity index (χ0) is 24.8. The van der Waals surface area contributed by atoms with E-state index < -0.39 is 23.0 Å². The molecule has 2 heterocycles. The number of halogens is 1. The maximum absolute atomic E-state index is 13.2. The standard InChI is InChI=1S/C28H30ClN3O4/c29-18-6-3-16(4-7-18)26(34)31-20-9-10-28(35)21-13-17-5-8-19(25(30)33)23-22(17)27(28,24(20)36-23)11-12-32(21)14-15-1-2-15/h3-8,15,20-21,24,35H,1-2,9-14H2,(H2,30,33)(H,31,34)/t20-,21-,24+,27+,28-/m1/s1. The Bertz CT molecular complexity index is 1280. The maximum Gasteiger partial charge on any atom is 0.252 e. The number of hydrogen-bond acceptors (Lipinski definition) is 5. The van der Waals surface area contributed by atoms with Crippen molar-refractivity contribution < 1.29 is 19.4 Å². The summed E-state index contributed by atoms with van der Waals surface area (Å²) in [4.78, 5) is 28.1. The predicted octanol–water partition coefficient (Wildman–Crippen LogP) is 2.80. The summed E-state index contributed by atoms with van der Waals surface area (Å²) in [5.41, 5.74) is 7.00. The largest absolute Gasteiger partial charge is 0.486 e. The normalized spacial score (nSPS) is 34.0. The van der Waals surface area contributed by atoms with Crippen molar-refractivity contribution in [2.24, 2.45) is 11.7 Å². The van der Waals surface area contributed by atoms with Crippen LogP contribution in [0, 0.1) is 5.92 Å². The predicted molar refractivity (Wildman–Crippen MR) is 134 cm³/mol. The molecule has 8 heteroatoms. The highest BCUT2D eigenvalue weighted by molar-refractivity contribution is 6.30. The minimum Gasteiger partial charge on any atom is -0.486 e. The Morgan fingerprint density at radius 2 is 1.92 bits per heavy atom. The number of primary amides is 1. The SMILES string of the molecule is NC(=O)c1ccc2c3c1O[C@H]1[C@H](NC(=O)c4ccc(Cl)cc4)CC[C@@]4(O)[C@@H](C2)N(CC2CC2)CC[C@]314. The molecule has 0 unspecified atom stereocenters. The number of carbonyl (C=O) groups is 2. The number of ether oxygens (including phenoxy) is 1. The summed E-state index contributed by atoms with van der Waals surface area (Å²) in [6, 6.07) is 10.2. The quantitative estimate of drug-likeness (QED) is 0.577. The molecule has 1 spiro atoms. The van der Waals surface area contributed by atoms with E-state index in [9.17, 15) is 14.7 Å². The number of nitrogens with zero attached hydrogens (tertiary/aromatic N) is 1. The van der Waals surface area contributed by atoms with E-state index in [1.54, 1.807) is 30.3 Å². The van der Waals surface area contributed by atoms with Crippen LogP contribution in [0.2, 0.25) is 5.02 Å². The molecule has 5 atom stereocenters. The van der Waals surface area contributed by atoms with Crippen LogP contribution >= 0.6 is 11.6 Å². The van der Waals surface area contributed by atoms with E-state index in [4.69, 9.17) is 22.1 Å². The number of nitrogens with one attached hydrogen (secondary N) is 1. The summed E-state index contributed by atoms with van der Waals surface area (Å²) < 4.78 is 6.62. The smallest absolute Gasteiger partial charge is 0.252 e. The number of piperidine rings is 1. The second-order valence-corrected chi connectivity index (χ2v) is 11.7. The molecule has 2 saturated carbocycles. The van der Waals surface area contributed by atoms with E-state index in [0.29, 0.717) is 41.2 Å². The zero-order valence-corrected chi connectivity index (χ0v) is 20.8. The molecular formula is C28H30ClN3O4. The van der Waals surface area contributed by atoms with Crippen molar-refractivity contribution >= 4 is 23.4 Å². The van der Waals surface area contributed by atoms with Gasteiger partial charge in [-0.2, -0.15) is 0 Å². The first-order chi connectivity index (χ1) is 17.3. The number of amides is 2. The Balaban J connectivity index is 1.31. The minimum atomic E-state index is -0.999. The van der Waals surface area contributed by atoms with Crippen molar-refractivity contribution in [2.45, 2.75) is 67.7 Å². The fraction of sp³-hybridized carbons (Fsp3) is 0.500. The van der Waals surface area contributed by atoms with Crippen LogP contribution in [-0.4, -0.2) is 58.7 Å². The van der Waals surface area contributed by atoms with Gasteiger partial charge in [-0.25, -0.2) is 0 Å². The topological polar surface area (TPSA) is 105 Å². The van der Waals surface area contributed by atoms with Crippen LogP contribution in [-0.2, 0) is 11.8 Å². The highest BCUT2D eigenvalue weighted by Crippen LogP contribution is 2.64. The van der Waals surface area contributed by atoms with Gasteiger partial charge in [-0.1, -0.05) is 17.7 Å². The van der Waals surface area contributed by atoms with E-state index in [2.05, 4.69) is 10.2 Å². The van der Waals surface area contributed by atoms with Gasteiger partial charge in [0.15, 0.2) is 0 Å². The van der Waals surface area contributed by atoms with Crippen LogP contribution in [0.15, 0.2) is 36.4 Å². The number of aliphatic hydroxyl groups is 1. The second kappa shape index (κ2) is 7.70. The third-order valence-corrected chi connectivity index (χ3v) is 9.72. The lowest BCUT2D eigenvalue weighted by Crippen LogP contribution is -2.78. The average molecular weight is 508 g/mol. The van der Waals surface area contributed by atoms with Gasteiger partial charge in [-0.3, -0.25) is 14.5 Å². The maximum atomic E-state index is 13.2. The Morgan fingerprint density at radius 3 is 2.64 bits per heavy atom. The lowest BCUT2D eigenvalue weighted by atomic mass is 9.48. The lowest BCUT2D eigenvalue weighted by molar-refractivity contribution is -0.191. The molecule has 2 amide bonds. The molecule has 4 N–H and O–H groups in total. The third kappa shape index (κ3) is 2.99. The third-order valence-electron chi connectivity index (χ3n) is 9.47. The molecular weight excluding hydrogens is 478 g/mol. The van der Waals surface area contributed by atoms with Crippen LogP contribution in [0.4, 0.5) is 0 Å². The fourth-order valence-corrected chi connectivity index (χ4v) is 7.82. The number of benzene rings is 2. The van der Waals surface area contributed by atoms with Crippen LogP contribution < -0.4 is 15.8 Å². The minimum absolute atomic E-state index is 0.0104. The van der Waals surface area contributed by atoms with E-state index in [1.807, 2.05) is 6.07 Å². The number of likely N-dealkylation sites (tertiary alicyclic amines) is 1. The van der Waals surface area contributed by atoms with Gasteiger partial charge in [-0.05, 0) is 86.9 Å². The van der Waals surface area contributed by atoms with Crippen LogP contribution in [0.3, 0.4) is 0 Å². The van der Waals surface area contributed by atoms with E-state index in [1.165, 1.54) is 12.8 Å². The Labute approximate surface area is 214 Å². The molecule has 3 fully saturated rings. The molecule has 36 heavy (non-hydrogen) atoms. The van der Waals surface area contributed by atoms with Crippen molar-refractivity contribution in [1.29, 1.82) is 0 Å². The van der Waals surface area contributed by atoms with Gasteiger partial charge in [0.2, 0.25) is 0 Å². The molecule has 7 rings (SSSR count). The number of hydrogen-bond donors (Lipinski definition) is 3. The Kier molecular flexibility index (Phi) is 4.83. The zero-order valence-electron chi connectivity index (χ0n) is 20.0. The fourth-order valence-electron chi connectivity index (χ4n) is 7.69. The summed E-state index contributed by atoms with van der Waals surface area (Å²) in [5.74, 6) is 0.487. The number of carbonyl (C=O) groups excluding carboxylic acids is 2. The van der Waals surface area contributed by atoms with Crippen LogP contribution in [0.1, 0.15) is 63.9 Å². The highest BCUT2D eigenvalue weighted by atomic mass is 35.5. The van der Waals surface area contributed by atoms with Crippen molar-refractivity contribution in [3.05, 3.63) is 63.7 Å². The van der Waals surface area contributed by atoms with Gasteiger partial charge in [0, 0.05) is 28.7 Å².